The molecule has 2 aromatic heterocycles. The molecule has 0 atom stereocenters. The summed E-state index contributed by atoms with van der Waals surface area (Å²) < 4.78 is 1.42. The normalized spacial score (nSPS) is 10.6. The third-order valence-electron chi connectivity index (χ3n) is 2.44. The van der Waals surface area contributed by atoms with E-state index in [0.717, 1.165) is 11.3 Å². The zero-order valence-electron chi connectivity index (χ0n) is 8.78. The largest absolute Gasteiger partial charge is 0.290 e. The van der Waals surface area contributed by atoms with Crippen LogP contribution in [0.5, 0.6) is 0 Å². The zero-order chi connectivity index (χ0) is 11.7. The summed E-state index contributed by atoms with van der Waals surface area (Å²) >= 11 is 0. The number of hydrogen-bond acceptors (Lipinski definition) is 5. The van der Waals surface area contributed by atoms with E-state index in [4.69, 9.17) is 5.21 Å². The highest BCUT2D eigenvalue weighted by Crippen LogP contribution is 2.20. The molecule has 3 aromatic rings. The van der Waals surface area contributed by atoms with Crippen molar-refractivity contribution in [2.75, 3.05) is 5.48 Å². The quantitative estimate of drug-likeness (QED) is 0.650. The van der Waals surface area contributed by atoms with Crippen molar-refractivity contribution in [2.45, 2.75) is 0 Å². The Balaban J connectivity index is 2.24. The van der Waals surface area contributed by atoms with Crippen molar-refractivity contribution in [2.24, 2.45) is 0 Å². The van der Waals surface area contributed by atoms with Gasteiger partial charge in [0.2, 0.25) is 0 Å². The van der Waals surface area contributed by atoms with Gasteiger partial charge in [0.15, 0.2) is 5.82 Å². The van der Waals surface area contributed by atoms with Crippen LogP contribution in [-0.4, -0.2) is 24.8 Å². The van der Waals surface area contributed by atoms with Gasteiger partial charge in [0.05, 0.1) is 5.69 Å². The second-order valence-electron chi connectivity index (χ2n) is 3.48. The van der Waals surface area contributed by atoms with Crippen LogP contribution in [0.4, 0.5) is 5.82 Å². The molecular formula is C11H9N5O. The molecule has 0 bridgehead atoms. The van der Waals surface area contributed by atoms with E-state index >= 15 is 0 Å². The average molecular weight is 227 g/mol. The number of nitrogens with zero attached hydrogens (tertiary/aromatic N) is 4. The molecule has 3 rings (SSSR count). The lowest BCUT2D eigenvalue weighted by Crippen LogP contribution is -2.02. The zero-order valence-corrected chi connectivity index (χ0v) is 8.78. The van der Waals surface area contributed by atoms with E-state index in [1.54, 1.807) is 6.07 Å². The second-order valence-corrected chi connectivity index (χ2v) is 3.48. The summed E-state index contributed by atoms with van der Waals surface area (Å²) in [7, 11) is 0. The maximum Gasteiger partial charge on any atom is 0.254 e. The summed E-state index contributed by atoms with van der Waals surface area (Å²) in [5.74, 6) is 0.856. The van der Waals surface area contributed by atoms with Crippen LogP contribution in [0, 0.1) is 0 Å². The molecule has 0 saturated carbocycles. The molecule has 0 aliphatic rings. The molecule has 0 radical (unpaired) electrons. The number of benzene rings is 1. The highest BCUT2D eigenvalue weighted by Gasteiger charge is 2.07. The van der Waals surface area contributed by atoms with Crippen molar-refractivity contribution >= 4 is 11.6 Å². The van der Waals surface area contributed by atoms with Crippen LogP contribution in [0.1, 0.15) is 0 Å². The Hall–Kier alpha value is -2.47. The molecule has 84 valence electrons. The van der Waals surface area contributed by atoms with Gasteiger partial charge in [-0.05, 0) is 0 Å². The molecule has 0 unspecified atom stereocenters. The van der Waals surface area contributed by atoms with E-state index in [-0.39, 0.29) is 0 Å². The minimum Gasteiger partial charge on any atom is -0.290 e. The molecule has 0 amide bonds. The van der Waals surface area contributed by atoms with E-state index in [1.807, 2.05) is 30.3 Å². The fourth-order valence-corrected chi connectivity index (χ4v) is 1.65. The average Bonchev–Trinajstić information content (AvgIpc) is 2.86. The van der Waals surface area contributed by atoms with E-state index in [1.165, 1.54) is 10.8 Å². The van der Waals surface area contributed by atoms with E-state index < -0.39 is 0 Å². The topological polar surface area (TPSA) is 75.3 Å². The van der Waals surface area contributed by atoms with E-state index in [9.17, 15) is 0 Å². The van der Waals surface area contributed by atoms with Crippen LogP contribution in [-0.2, 0) is 0 Å². The first-order valence-corrected chi connectivity index (χ1v) is 5.05. The van der Waals surface area contributed by atoms with Crippen LogP contribution in [0.25, 0.3) is 17.0 Å². The first-order valence-electron chi connectivity index (χ1n) is 5.05. The van der Waals surface area contributed by atoms with Gasteiger partial charge in [-0.3, -0.25) is 10.7 Å². The first-order chi connectivity index (χ1) is 8.38. The van der Waals surface area contributed by atoms with Gasteiger partial charge in [0.25, 0.3) is 5.78 Å². The molecule has 2 N–H and O–H groups in total. The maximum atomic E-state index is 9.06. The van der Waals surface area contributed by atoms with Crippen LogP contribution < -0.4 is 5.48 Å². The fourth-order valence-electron chi connectivity index (χ4n) is 1.65. The molecule has 6 heteroatoms. The fraction of sp³-hybridized carbons (Fsp3) is 0. The molecule has 6 nitrogen and oxygen atoms in total. The summed E-state index contributed by atoms with van der Waals surface area (Å²) in [6, 6.07) is 11.4. The van der Waals surface area contributed by atoms with Crippen LogP contribution in [0.15, 0.2) is 42.7 Å². The Bertz CT molecular complexity index is 649. The third-order valence-corrected chi connectivity index (χ3v) is 2.44. The number of hydrogen-bond donors (Lipinski definition) is 2. The van der Waals surface area contributed by atoms with Crippen molar-refractivity contribution in [3.63, 3.8) is 0 Å². The Morgan fingerprint density at radius 3 is 2.76 bits per heavy atom. The van der Waals surface area contributed by atoms with Crippen LogP contribution >= 0.6 is 0 Å². The molecule has 17 heavy (non-hydrogen) atoms. The van der Waals surface area contributed by atoms with Crippen LogP contribution in [0.3, 0.4) is 0 Å². The van der Waals surface area contributed by atoms with Gasteiger partial charge in [0.1, 0.15) is 6.33 Å². The Morgan fingerprint density at radius 1 is 1.18 bits per heavy atom. The van der Waals surface area contributed by atoms with Gasteiger partial charge in [-0.2, -0.15) is 14.6 Å². The first kappa shape index (κ1) is 9.73. The van der Waals surface area contributed by atoms with Gasteiger partial charge in [0, 0.05) is 11.6 Å². The standard InChI is InChI=1S/C11H9N5O/c17-15-10-6-9(8-4-2-1-3-5-8)14-11-12-7-13-16(10)11/h1-7,15,17H. The minimum absolute atomic E-state index is 0.423. The van der Waals surface area contributed by atoms with Crippen molar-refractivity contribution in [3.8, 4) is 11.3 Å². The highest BCUT2D eigenvalue weighted by atomic mass is 16.5. The van der Waals surface area contributed by atoms with E-state index in [0.29, 0.717) is 11.6 Å². The maximum absolute atomic E-state index is 9.06. The summed E-state index contributed by atoms with van der Waals surface area (Å²) in [6.45, 7) is 0. The molecule has 0 aliphatic carbocycles. The molecule has 0 spiro atoms. The summed E-state index contributed by atoms with van der Waals surface area (Å²) in [4.78, 5) is 8.36. The van der Waals surface area contributed by atoms with Crippen molar-refractivity contribution in [1.82, 2.24) is 19.6 Å². The lowest BCUT2D eigenvalue weighted by atomic mass is 10.1. The predicted octanol–water partition coefficient (Wildman–Crippen LogP) is 1.59. The highest BCUT2D eigenvalue weighted by molar-refractivity contribution is 5.64. The number of anilines is 1. The molecular weight excluding hydrogens is 218 g/mol. The van der Waals surface area contributed by atoms with Crippen molar-refractivity contribution in [3.05, 3.63) is 42.7 Å². The lowest BCUT2D eigenvalue weighted by Gasteiger charge is -2.05. The monoisotopic (exact) mass is 227 g/mol. The Kier molecular flexibility index (Phi) is 2.20. The summed E-state index contributed by atoms with van der Waals surface area (Å²) in [5, 5.41) is 13.0. The number of aromatic nitrogens is 4. The predicted molar refractivity (Wildman–Crippen MR) is 61.6 cm³/mol. The van der Waals surface area contributed by atoms with Gasteiger partial charge >= 0.3 is 0 Å². The summed E-state index contributed by atoms with van der Waals surface area (Å²) in [5.41, 5.74) is 3.76. The van der Waals surface area contributed by atoms with Gasteiger partial charge in [-0.15, -0.1) is 0 Å². The molecule has 0 aliphatic heterocycles. The summed E-state index contributed by atoms with van der Waals surface area (Å²) in [6.07, 6.45) is 1.39. The molecule has 2 heterocycles. The Labute approximate surface area is 96.5 Å². The van der Waals surface area contributed by atoms with Crippen molar-refractivity contribution < 1.29 is 5.21 Å². The third kappa shape index (κ3) is 1.60. The van der Waals surface area contributed by atoms with Crippen LogP contribution in [0.2, 0.25) is 0 Å². The molecule has 1 aromatic carbocycles. The number of fused-ring (bicyclic) bond motifs is 1. The number of rotatable bonds is 2. The molecule has 0 saturated heterocycles. The van der Waals surface area contributed by atoms with Gasteiger partial charge in [-0.1, -0.05) is 30.3 Å². The lowest BCUT2D eigenvalue weighted by molar-refractivity contribution is 0.383. The van der Waals surface area contributed by atoms with Gasteiger partial charge in [-0.25, -0.2) is 4.98 Å². The SMILES string of the molecule is ONc1cc(-c2ccccc2)nc2ncnn12. The Morgan fingerprint density at radius 2 is 2.00 bits per heavy atom. The van der Waals surface area contributed by atoms with E-state index in [2.05, 4.69) is 20.5 Å². The second kappa shape index (κ2) is 3.84. The number of nitrogens with one attached hydrogen (secondary N) is 1. The van der Waals surface area contributed by atoms with Gasteiger partial charge < -0.3 is 0 Å². The smallest absolute Gasteiger partial charge is 0.254 e. The minimum atomic E-state index is 0.423. The molecule has 0 fully saturated rings. The van der Waals surface area contributed by atoms with Crippen molar-refractivity contribution in [1.29, 1.82) is 0 Å².